The zero-order valence-corrected chi connectivity index (χ0v) is 14.3. The summed E-state index contributed by atoms with van der Waals surface area (Å²) in [5.74, 6) is -0.505. The highest BCUT2D eigenvalue weighted by molar-refractivity contribution is 6.11. The molecule has 2 unspecified atom stereocenters. The molecule has 1 aliphatic rings. The molecule has 2 atom stereocenters. The number of hydrogen-bond donors (Lipinski definition) is 3. The van der Waals surface area contributed by atoms with E-state index in [1.165, 1.54) is 0 Å². The summed E-state index contributed by atoms with van der Waals surface area (Å²) in [5.41, 5.74) is 16.3. The Bertz CT molecular complexity index is 921. The second kappa shape index (κ2) is 5.49. The number of aromatic nitrogens is 2. The average molecular weight is 326 g/mol. The smallest absolute Gasteiger partial charge is 0.253 e. The minimum atomic E-state index is -0.621. The zero-order chi connectivity index (χ0) is 17.8. The summed E-state index contributed by atoms with van der Waals surface area (Å²) in [6.07, 6.45) is 2.99. The van der Waals surface area contributed by atoms with Crippen molar-refractivity contribution in [3.05, 3.63) is 40.6 Å². The highest BCUT2D eigenvalue weighted by atomic mass is 16.3. The number of nitrogen functional groups attached to an aromatic ring is 1. The number of carbonyl (C=O) groups excluding carboxylic acids is 1. The largest absolute Gasteiger partial charge is 0.388 e. The maximum absolute atomic E-state index is 12.0. The molecule has 5 N–H and O–H groups in total. The molecule has 0 bridgehead atoms. The number of aliphatic hydroxyl groups excluding tert-OH is 1. The van der Waals surface area contributed by atoms with E-state index in [-0.39, 0.29) is 17.3 Å². The number of rotatable bonds is 2. The molecule has 2 aromatic rings. The van der Waals surface area contributed by atoms with Crippen LogP contribution in [0.25, 0.3) is 16.7 Å². The number of allylic oxidation sites excluding steroid dienone is 2. The van der Waals surface area contributed by atoms with Crippen LogP contribution in [0.1, 0.15) is 35.5 Å². The van der Waals surface area contributed by atoms with Gasteiger partial charge in [0, 0.05) is 22.7 Å². The molecule has 2 heterocycles. The van der Waals surface area contributed by atoms with Gasteiger partial charge in [0.1, 0.15) is 11.5 Å². The van der Waals surface area contributed by atoms with Crippen molar-refractivity contribution < 1.29 is 9.90 Å². The number of nitrogens with zero attached hydrogens (tertiary/aromatic N) is 2. The van der Waals surface area contributed by atoms with Crippen molar-refractivity contribution in [2.75, 3.05) is 5.73 Å². The lowest BCUT2D eigenvalue weighted by molar-refractivity contribution is 0.100. The Morgan fingerprint density at radius 1 is 1.33 bits per heavy atom. The normalized spacial score (nSPS) is 20.9. The van der Waals surface area contributed by atoms with Gasteiger partial charge < -0.3 is 16.6 Å². The molecule has 0 radical (unpaired) electrons. The number of carbonyl (C=O) groups is 1. The van der Waals surface area contributed by atoms with Crippen molar-refractivity contribution in [3.8, 4) is 0 Å². The number of pyridine rings is 1. The number of nitrogens with two attached hydrogens (primary N) is 2. The third-order valence-electron chi connectivity index (χ3n) is 4.80. The van der Waals surface area contributed by atoms with E-state index >= 15 is 0 Å². The summed E-state index contributed by atoms with van der Waals surface area (Å²) >= 11 is 0. The van der Waals surface area contributed by atoms with Crippen LogP contribution in [-0.2, 0) is 0 Å². The van der Waals surface area contributed by atoms with Crippen LogP contribution >= 0.6 is 0 Å². The quantitative estimate of drug-likeness (QED) is 0.785. The van der Waals surface area contributed by atoms with Crippen molar-refractivity contribution in [2.45, 2.75) is 33.8 Å². The van der Waals surface area contributed by atoms with Gasteiger partial charge in [0.05, 0.1) is 11.7 Å². The van der Waals surface area contributed by atoms with Gasteiger partial charge in [0.15, 0.2) is 0 Å². The molecule has 3 rings (SSSR count). The summed E-state index contributed by atoms with van der Waals surface area (Å²) in [5, 5.41) is 10.9. The van der Waals surface area contributed by atoms with Crippen LogP contribution in [0.5, 0.6) is 0 Å². The first kappa shape index (κ1) is 16.3. The zero-order valence-electron chi connectivity index (χ0n) is 14.3. The van der Waals surface area contributed by atoms with E-state index in [2.05, 4.69) is 4.98 Å². The molecule has 1 aliphatic carbocycles. The van der Waals surface area contributed by atoms with E-state index in [0.717, 1.165) is 22.5 Å². The molecule has 6 nitrogen and oxygen atoms in total. The topological polar surface area (TPSA) is 107 Å². The number of aliphatic hydroxyl groups is 1. The first-order valence-electron chi connectivity index (χ1n) is 7.89. The summed E-state index contributed by atoms with van der Waals surface area (Å²) in [7, 11) is 0. The molecule has 0 saturated carbocycles. The van der Waals surface area contributed by atoms with Crippen LogP contribution in [0.4, 0.5) is 5.82 Å². The van der Waals surface area contributed by atoms with E-state index in [0.29, 0.717) is 11.0 Å². The van der Waals surface area contributed by atoms with Gasteiger partial charge in [-0.1, -0.05) is 19.1 Å². The van der Waals surface area contributed by atoms with E-state index in [9.17, 15) is 9.90 Å². The Balaban J connectivity index is 2.45. The molecule has 0 aliphatic heterocycles. The average Bonchev–Trinajstić information content (AvgIpc) is 2.77. The van der Waals surface area contributed by atoms with Crippen molar-refractivity contribution in [3.63, 3.8) is 0 Å². The molecular weight excluding hydrogens is 304 g/mol. The summed E-state index contributed by atoms with van der Waals surface area (Å²) in [6.45, 7) is 7.71. The van der Waals surface area contributed by atoms with Crippen LogP contribution in [0.15, 0.2) is 23.8 Å². The third kappa shape index (κ3) is 2.22. The van der Waals surface area contributed by atoms with Crippen molar-refractivity contribution in [2.24, 2.45) is 11.7 Å². The molecule has 0 fully saturated rings. The van der Waals surface area contributed by atoms with Crippen molar-refractivity contribution in [1.29, 1.82) is 0 Å². The fraction of sp³-hybridized carbons (Fsp3) is 0.333. The Morgan fingerprint density at radius 3 is 2.62 bits per heavy atom. The van der Waals surface area contributed by atoms with Gasteiger partial charge in [-0.2, -0.15) is 0 Å². The molecule has 24 heavy (non-hydrogen) atoms. The van der Waals surface area contributed by atoms with Crippen LogP contribution in [0.3, 0.4) is 0 Å². The van der Waals surface area contributed by atoms with E-state index < -0.39 is 12.0 Å². The van der Waals surface area contributed by atoms with Gasteiger partial charge in [-0.3, -0.25) is 9.36 Å². The molecule has 6 heteroatoms. The minimum Gasteiger partial charge on any atom is -0.388 e. The van der Waals surface area contributed by atoms with Crippen LogP contribution in [0.2, 0.25) is 0 Å². The van der Waals surface area contributed by atoms with Gasteiger partial charge in [-0.25, -0.2) is 4.98 Å². The predicted molar refractivity (Wildman–Crippen MR) is 95.3 cm³/mol. The number of anilines is 1. The number of aryl methyl sites for hydroxylation is 2. The van der Waals surface area contributed by atoms with Crippen LogP contribution < -0.4 is 11.5 Å². The second-order valence-corrected chi connectivity index (χ2v) is 6.43. The molecule has 0 spiro atoms. The highest BCUT2D eigenvalue weighted by Crippen LogP contribution is 2.37. The minimum absolute atomic E-state index is 0.183. The standard InChI is InChI=1S/C18H22N4O2/c1-8-5-6-13(23)10(3)15(8)22-16(19)14(17(20)24)12-7-9(2)11(4)21-18(12)22/h5-7,10,13,23H,19H2,1-4H3,(H2,20,24). The fourth-order valence-corrected chi connectivity index (χ4v) is 3.31. The summed E-state index contributed by atoms with van der Waals surface area (Å²) < 4.78 is 1.76. The van der Waals surface area contributed by atoms with Crippen molar-refractivity contribution >= 4 is 28.5 Å². The number of hydrogen-bond acceptors (Lipinski definition) is 4. The summed E-state index contributed by atoms with van der Waals surface area (Å²) in [6, 6.07) is 1.89. The number of fused-ring (bicyclic) bond motifs is 1. The first-order chi connectivity index (χ1) is 11.2. The Hall–Kier alpha value is -2.60. The van der Waals surface area contributed by atoms with Crippen LogP contribution in [-0.4, -0.2) is 26.7 Å². The van der Waals surface area contributed by atoms with Crippen LogP contribution in [0, 0.1) is 19.8 Å². The van der Waals surface area contributed by atoms with E-state index in [4.69, 9.17) is 11.5 Å². The van der Waals surface area contributed by atoms with Gasteiger partial charge in [0.25, 0.3) is 5.91 Å². The molecule has 0 aromatic carbocycles. The molecule has 2 aromatic heterocycles. The first-order valence-corrected chi connectivity index (χ1v) is 7.89. The van der Waals surface area contributed by atoms with Gasteiger partial charge in [-0.15, -0.1) is 0 Å². The molecule has 0 saturated heterocycles. The predicted octanol–water partition coefficient (Wildman–Crippen LogP) is 2.13. The summed E-state index contributed by atoms with van der Waals surface area (Å²) in [4.78, 5) is 16.6. The Morgan fingerprint density at radius 2 is 2.00 bits per heavy atom. The van der Waals surface area contributed by atoms with E-state index in [1.807, 2.05) is 39.8 Å². The van der Waals surface area contributed by atoms with Crippen molar-refractivity contribution in [1.82, 2.24) is 9.55 Å². The fourth-order valence-electron chi connectivity index (χ4n) is 3.31. The van der Waals surface area contributed by atoms with E-state index in [1.54, 1.807) is 10.6 Å². The monoisotopic (exact) mass is 326 g/mol. The lowest BCUT2D eigenvalue weighted by Crippen LogP contribution is -2.24. The lowest BCUT2D eigenvalue weighted by Gasteiger charge is -2.27. The Kier molecular flexibility index (Phi) is 3.72. The molecule has 1 amide bonds. The Labute approximate surface area is 140 Å². The molecule has 126 valence electrons. The molecular formula is C18H22N4O2. The SMILES string of the molecule is CC1=C(n2c(N)c(C(N)=O)c3cc(C)c(C)nc32)C(C)C(O)C=C1. The second-order valence-electron chi connectivity index (χ2n) is 6.43. The highest BCUT2D eigenvalue weighted by Gasteiger charge is 2.29. The lowest BCUT2D eigenvalue weighted by atomic mass is 9.91. The number of amides is 1. The van der Waals surface area contributed by atoms with Gasteiger partial charge in [0.2, 0.25) is 0 Å². The van der Waals surface area contributed by atoms with Gasteiger partial charge in [-0.05, 0) is 38.0 Å². The maximum Gasteiger partial charge on any atom is 0.253 e. The number of primary amides is 1. The third-order valence-corrected chi connectivity index (χ3v) is 4.80. The maximum atomic E-state index is 12.0. The van der Waals surface area contributed by atoms with Gasteiger partial charge >= 0.3 is 0 Å².